The molecule has 0 aromatic heterocycles. The van der Waals surface area contributed by atoms with Gasteiger partial charge in [0.1, 0.15) is 0 Å². The van der Waals surface area contributed by atoms with Crippen LogP contribution in [0.3, 0.4) is 0 Å². The normalized spacial score (nSPS) is 11.2. The second-order valence-electron chi connectivity index (χ2n) is 1.19. The van der Waals surface area contributed by atoms with E-state index in [1.165, 1.54) is 0 Å². The molecule has 0 atom stereocenters. The Kier molecular flexibility index (Phi) is 3.24. The van der Waals surface area contributed by atoms with Gasteiger partial charge >= 0.3 is 0 Å². The molecule has 0 saturated heterocycles. The Balaban J connectivity index is 3.74. The van der Waals surface area contributed by atoms with E-state index in [1.807, 2.05) is 0 Å². The fourth-order valence-electron chi connectivity index (χ4n) is 0.181. The molecule has 0 heterocycles. The second-order valence-corrected chi connectivity index (χ2v) is 12.4. The lowest BCUT2D eigenvalue weighted by molar-refractivity contribution is -0.115. The first kappa shape index (κ1) is 8.66. The summed E-state index contributed by atoms with van der Waals surface area (Å²) in [5, 5.41) is 0. The summed E-state index contributed by atoms with van der Waals surface area (Å²) in [6.07, 6.45) is -0.146. The molecule has 0 aliphatic heterocycles. The molecule has 0 spiro atoms. The number of halogens is 2. The number of primary amides is 1. The maximum absolute atomic E-state index is 10.6. The monoisotopic (exact) mass is 263 g/mol. The molecule has 0 unspecified atom stereocenters. The average Bonchev–Trinajstić information content (AvgIpc) is 1.21. The van der Waals surface area contributed by atoms with E-state index in [1.54, 1.807) is 0 Å². The van der Waals surface area contributed by atoms with E-state index in [0.717, 1.165) is 0 Å². The lowest BCUT2D eigenvalue weighted by atomic mass is 10.8. The van der Waals surface area contributed by atoms with Crippen LogP contribution in [-0.2, 0) is 9.36 Å². The molecule has 0 bridgehead atoms. The molecular weight excluding hydrogens is 261 g/mol. The van der Waals surface area contributed by atoms with Crippen LogP contribution in [-0.4, -0.2) is 12.1 Å². The van der Waals surface area contributed by atoms with Crippen molar-refractivity contribution < 1.29 is 9.36 Å². The van der Waals surface area contributed by atoms with Crippen molar-refractivity contribution in [3.63, 3.8) is 0 Å². The summed E-state index contributed by atoms with van der Waals surface area (Å²) in [4.78, 5) is 10.0. The van der Waals surface area contributed by atoms with Crippen molar-refractivity contribution in [3.8, 4) is 0 Å². The summed E-state index contributed by atoms with van der Waals surface area (Å²) in [7, 11) is 0. The van der Waals surface area contributed by atoms with Crippen LogP contribution < -0.4 is 5.73 Å². The fraction of sp³-hybridized carbons (Fsp3) is 0.500. The molecule has 0 fully saturated rings. The van der Waals surface area contributed by atoms with E-state index in [0.29, 0.717) is 0 Å². The van der Waals surface area contributed by atoms with Crippen LogP contribution in [0.25, 0.3) is 0 Å². The molecule has 48 valence electrons. The number of rotatable bonds is 2. The van der Waals surface area contributed by atoms with E-state index in [2.05, 4.69) is 31.0 Å². The molecule has 2 N–H and O–H groups in total. The van der Waals surface area contributed by atoms with Gasteiger partial charge in [-0.3, -0.25) is 9.36 Å². The SMILES string of the molecule is NC(=O)CP(=O)(Br)Br. The second kappa shape index (κ2) is 2.99. The third kappa shape index (κ3) is 6.66. The summed E-state index contributed by atoms with van der Waals surface area (Å²) < 4.78 is 7.99. The standard InChI is InChI=1S/C2H4Br2NO2P/c3-8(4,7)1-2(5)6/h1H2,(H2,5,6). The summed E-state index contributed by atoms with van der Waals surface area (Å²) in [6.45, 7) is 0. The minimum absolute atomic E-state index is 0.146. The number of hydrogen-bond acceptors (Lipinski definition) is 2. The number of hydrogen-bond donors (Lipinski definition) is 1. The summed E-state index contributed by atoms with van der Waals surface area (Å²) in [5.41, 5.74) is 4.71. The number of amides is 1. The molecule has 0 aliphatic rings. The zero-order chi connectivity index (χ0) is 6.78. The predicted octanol–water partition coefficient (Wildman–Crippen LogP) is 1.45. The number of carbonyl (C=O) groups excluding carboxylic acids is 1. The summed E-state index contributed by atoms with van der Waals surface area (Å²) in [6, 6.07) is 0. The Hall–Kier alpha value is 0.660. The van der Waals surface area contributed by atoms with Crippen LogP contribution in [0.2, 0.25) is 0 Å². The summed E-state index contributed by atoms with van der Waals surface area (Å²) >= 11 is 5.50. The molecular formula is C2H4Br2NO2P. The highest BCUT2D eigenvalue weighted by Crippen LogP contribution is 2.60. The van der Waals surface area contributed by atoms with Gasteiger partial charge in [0.15, 0.2) is 0 Å². The van der Waals surface area contributed by atoms with E-state index >= 15 is 0 Å². The largest absolute Gasteiger partial charge is 0.369 e. The molecule has 8 heavy (non-hydrogen) atoms. The molecule has 0 aromatic rings. The highest BCUT2D eigenvalue weighted by atomic mass is 79.9. The Morgan fingerprint density at radius 2 is 2.00 bits per heavy atom. The number of nitrogens with two attached hydrogens (primary N) is 1. The minimum Gasteiger partial charge on any atom is -0.369 e. The third-order valence-corrected chi connectivity index (χ3v) is 2.52. The maximum Gasteiger partial charge on any atom is 0.226 e. The van der Waals surface area contributed by atoms with Gasteiger partial charge < -0.3 is 5.73 Å². The van der Waals surface area contributed by atoms with Crippen molar-refractivity contribution in [3.05, 3.63) is 0 Å². The Bertz CT molecular complexity index is 141. The lowest BCUT2D eigenvalue weighted by Crippen LogP contribution is -2.13. The first-order valence-electron chi connectivity index (χ1n) is 1.68. The van der Waals surface area contributed by atoms with E-state index in [9.17, 15) is 9.36 Å². The van der Waals surface area contributed by atoms with Gasteiger partial charge in [-0.2, -0.15) is 0 Å². The minimum atomic E-state index is -2.57. The lowest BCUT2D eigenvalue weighted by Gasteiger charge is -1.94. The topological polar surface area (TPSA) is 60.2 Å². The van der Waals surface area contributed by atoms with E-state index in [4.69, 9.17) is 5.73 Å². The van der Waals surface area contributed by atoms with Crippen molar-refractivity contribution in [2.75, 3.05) is 6.16 Å². The van der Waals surface area contributed by atoms with Crippen LogP contribution in [0.4, 0.5) is 0 Å². The quantitative estimate of drug-likeness (QED) is 0.768. The first-order valence-corrected chi connectivity index (χ1v) is 7.61. The van der Waals surface area contributed by atoms with E-state index < -0.39 is 10.5 Å². The predicted molar refractivity (Wildman–Crippen MR) is 39.5 cm³/mol. The Labute approximate surface area is 62.9 Å². The van der Waals surface area contributed by atoms with Crippen LogP contribution >= 0.6 is 35.5 Å². The van der Waals surface area contributed by atoms with Gasteiger partial charge in [-0.1, -0.05) is 0 Å². The van der Waals surface area contributed by atoms with Gasteiger partial charge in [-0.25, -0.2) is 0 Å². The van der Waals surface area contributed by atoms with Crippen LogP contribution in [0.15, 0.2) is 0 Å². The third-order valence-electron chi connectivity index (χ3n) is 0.340. The van der Waals surface area contributed by atoms with Crippen LogP contribution in [0, 0.1) is 0 Å². The molecule has 0 aliphatic carbocycles. The first-order chi connectivity index (χ1) is 3.42. The molecule has 0 saturated carbocycles. The van der Waals surface area contributed by atoms with Gasteiger partial charge in [0.05, 0.1) is 6.16 Å². The van der Waals surface area contributed by atoms with Gasteiger partial charge in [-0.05, 0) is 31.0 Å². The highest BCUT2D eigenvalue weighted by molar-refractivity contribution is 9.70. The number of carbonyl (C=O) groups is 1. The smallest absolute Gasteiger partial charge is 0.226 e. The van der Waals surface area contributed by atoms with Crippen LogP contribution in [0.5, 0.6) is 0 Å². The molecule has 1 amide bonds. The molecule has 3 nitrogen and oxygen atoms in total. The van der Waals surface area contributed by atoms with Crippen molar-refractivity contribution in [1.29, 1.82) is 0 Å². The van der Waals surface area contributed by atoms with Crippen molar-refractivity contribution in [2.45, 2.75) is 0 Å². The van der Waals surface area contributed by atoms with Gasteiger partial charge in [0, 0.05) is 0 Å². The molecule has 0 rings (SSSR count). The zero-order valence-corrected chi connectivity index (χ0v) is 7.87. The average molecular weight is 265 g/mol. The zero-order valence-electron chi connectivity index (χ0n) is 3.80. The fourth-order valence-corrected chi connectivity index (χ4v) is 2.03. The van der Waals surface area contributed by atoms with Gasteiger partial charge in [0.2, 0.25) is 10.5 Å². The van der Waals surface area contributed by atoms with Gasteiger partial charge in [0.25, 0.3) is 0 Å². The summed E-state index contributed by atoms with van der Waals surface area (Å²) in [5.74, 6) is -0.581. The van der Waals surface area contributed by atoms with Crippen molar-refractivity contribution in [1.82, 2.24) is 0 Å². The molecule has 0 radical (unpaired) electrons. The molecule has 6 heteroatoms. The molecule has 0 aromatic carbocycles. The van der Waals surface area contributed by atoms with Gasteiger partial charge in [-0.15, -0.1) is 0 Å². The van der Waals surface area contributed by atoms with Crippen molar-refractivity contribution >= 4 is 41.4 Å². The maximum atomic E-state index is 10.6. The van der Waals surface area contributed by atoms with Crippen LogP contribution in [0.1, 0.15) is 0 Å². The highest BCUT2D eigenvalue weighted by Gasteiger charge is 2.14. The Morgan fingerprint density at radius 3 is 2.00 bits per heavy atom. The van der Waals surface area contributed by atoms with E-state index in [-0.39, 0.29) is 6.16 Å². The Morgan fingerprint density at radius 1 is 1.62 bits per heavy atom. The van der Waals surface area contributed by atoms with Crippen molar-refractivity contribution in [2.24, 2.45) is 5.73 Å².